The fraction of sp³-hybridized carbons (Fsp3) is 0.294. The summed E-state index contributed by atoms with van der Waals surface area (Å²) < 4.78 is 10.6. The highest BCUT2D eigenvalue weighted by Gasteiger charge is 2.14. The van der Waals surface area contributed by atoms with Gasteiger partial charge in [0.15, 0.2) is 11.5 Å². The van der Waals surface area contributed by atoms with Crippen LogP contribution in [0.1, 0.15) is 12.0 Å². The Morgan fingerprint density at radius 1 is 1.17 bits per heavy atom. The monoisotopic (exact) mass is 313 g/mol. The standard InChI is InChI=1S/C17H19N3O3/c21-17(10-13-4-5-15-16(9-13)23-12-22-15)20-8-2-7-19-14-3-1-6-18-11-14/h1,3-6,9,11,19H,2,7-8,10,12H2,(H,20,21). The number of hydrogen-bond donors (Lipinski definition) is 2. The molecule has 0 saturated carbocycles. The van der Waals surface area contributed by atoms with Crippen LogP contribution in [-0.4, -0.2) is 30.8 Å². The highest BCUT2D eigenvalue weighted by atomic mass is 16.7. The van der Waals surface area contributed by atoms with Gasteiger partial charge < -0.3 is 20.1 Å². The molecule has 1 aliphatic rings. The molecule has 23 heavy (non-hydrogen) atoms. The number of carbonyl (C=O) groups excluding carboxylic acids is 1. The Balaban J connectivity index is 1.35. The normalized spacial score (nSPS) is 12.0. The quantitative estimate of drug-likeness (QED) is 0.765. The zero-order valence-corrected chi connectivity index (χ0v) is 12.7. The smallest absolute Gasteiger partial charge is 0.231 e. The van der Waals surface area contributed by atoms with Crippen LogP contribution in [0, 0.1) is 0 Å². The van der Waals surface area contributed by atoms with E-state index in [1.807, 2.05) is 30.3 Å². The number of benzene rings is 1. The van der Waals surface area contributed by atoms with Crippen molar-refractivity contribution in [3.05, 3.63) is 48.3 Å². The summed E-state index contributed by atoms with van der Waals surface area (Å²) in [4.78, 5) is 16.0. The second kappa shape index (κ2) is 7.49. The summed E-state index contributed by atoms with van der Waals surface area (Å²) >= 11 is 0. The maximum absolute atomic E-state index is 11.9. The van der Waals surface area contributed by atoms with Crippen molar-refractivity contribution in [3.8, 4) is 11.5 Å². The van der Waals surface area contributed by atoms with Gasteiger partial charge in [-0.3, -0.25) is 9.78 Å². The van der Waals surface area contributed by atoms with Crippen molar-refractivity contribution in [1.82, 2.24) is 10.3 Å². The number of carbonyl (C=O) groups is 1. The number of fused-ring (bicyclic) bond motifs is 1. The maximum Gasteiger partial charge on any atom is 0.231 e. The van der Waals surface area contributed by atoms with E-state index in [9.17, 15) is 4.79 Å². The van der Waals surface area contributed by atoms with Crippen molar-refractivity contribution in [2.24, 2.45) is 0 Å². The molecule has 0 spiro atoms. The topological polar surface area (TPSA) is 72.5 Å². The zero-order chi connectivity index (χ0) is 15.9. The van der Waals surface area contributed by atoms with Crippen molar-refractivity contribution in [2.75, 3.05) is 25.2 Å². The van der Waals surface area contributed by atoms with Gasteiger partial charge in [-0.05, 0) is 36.2 Å². The summed E-state index contributed by atoms with van der Waals surface area (Å²) in [6.45, 7) is 1.67. The van der Waals surface area contributed by atoms with Gasteiger partial charge in [0.05, 0.1) is 12.1 Å². The van der Waals surface area contributed by atoms with E-state index in [-0.39, 0.29) is 12.7 Å². The lowest BCUT2D eigenvalue weighted by atomic mass is 10.1. The third-order valence-corrected chi connectivity index (χ3v) is 3.47. The molecule has 6 heteroatoms. The number of anilines is 1. The van der Waals surface area contributed by atoms with Crippen LogP contribution in [0.15, 0.2) is 42.7 Å². The molecule has 0 unspecified atom stereocenters. The molecule has 1 aromatic carbocycles. The van der Waals surface area contributed by atoms with E-state index in [1.165, 1.54) is 0 Å². The van der Waals surface area contributed by atoms with Crippen LogP contribution in [0.25, 0.3) is 0 Å². The van der Waals surface area contributed by atoms with E-state index >= 15 is 0 Å². The molecule has 0 fully saturated rings. The first kappa shape index (κ1) is 15.1. The Morgan fingerprint density at radius 2 is 2.09 bits per heavy atom. The Bertz CT molecular complexity index is 661. The van der Waals surface area contributed by atoms with Crippen LogP contribution in [-0.2, 0) is 11.2 Å². The number of ether oxygens (including phenoxy) is 2. The van der Waals surface area contributed by atoms with E-state index < -0.39 is 0 Å². The van der Waals surface area contributed by atoms with Crippen molar-refractivity contribution in [3.63, 3.8) is 0 Å². The first-order valence-electron chi connectivity index (χ1n) is 7.60. The first-order chi connectivity index (χ1) is 11.3. The molecule has 0 radical (unpaired) electrons. The van der Waals surface area contributed by atoms with Gasteiger partial charge in [0.25, 0.3) is 0 Å². The number of nitrogens with one attached hydrogen (secondary N) is 2. The molecule has 120 valence electrons. The van der Waals surface area contributed by atoms with Gasteiger partial charge in [0, 0.05) is 25.5 Å². The lowest BCUT2D eigenvalue weighted by Crippen LogP contribution is -2.27. The molecule has 1 aliphatic heterocycles. The molecule has 0 saturated heterocycles. The van der Waals surface area contributed by atoms with Crippen LogP contribution in [0.3, 0.4) is 0 Å². The molecule has 6 nitrogen and oxygen atoms in total. The molecule has 3 rings (SSSR count). The van der Waals surface area contributed by atoms with Crippen LogP contribution >= 0.6 is 0 Å². The van der Waals surface area contributed by atoms with Gasteiger partial charge >= 0.3 is 0 Å². The summed E-state index contributed by atoms with van der Waals surface area (Å²) in [5.74, 6) is 1.44. The summed E-state index contributed by atoms with van der Waals surface area (Å²) in [7, 11) is 0. The van der Waals surface area contributed by atoms with Crippen LogP contribution in [0.4, 0.5) is 5.69 Å². The van der Waals surface area contributed by atoms with Gasteiger partial charge in [-0.25, -0.2) is 0 Å². The predicted molar refractivity (Wildman–Crippen MR) is 86.6 cm³/mol. The van der Waals surface area contributed by atoms with E-state index in [0.29, 0.717) is 18.7 Å². The Labute approximate surface area is 134 Å². The van der Waals surface area contributed by atoms with Crippen molar-refractivity contribution in [2.45, 2.75) is 12.8 Å². The number of aromatic nitrogens is 1. The Hall–Kier alpha value is -2.76. The minimum absolute atomic E-state index is 0.00485. The Kier molecular flexibility index (Phi) is 4.93. The van der Waals surface area contributed by atoms with Gasteiger partial charge in [0.2, 0.25) is 12.7 Å². The first-order valence-corrected chi connectivity index (χ1v) is 7.60. The molecule has 2 aromatic rings. The molecule has 0 aliphatic carbocycles. The second-order valence-electron chi connectivity index (χ2n) is 5.24. The Morgan fingerprint density at radius 3 is 2.96 bits per heavy atom. The molecule has 2 heterocycles. The van der Waals surface area contributed by atoms with Crippen LogP contribution in [0.5, 0.6) is 11.5 Å². The summed E-state index contributed by atoms with van der Waals surface area (Å²) in [6, 6.07) is 9.42. The van der Waals surface area contributed by atoms with Crippen molar-refractivity contribution in [1.29, 1.82) is 0 Å². The largest absolute Gasteiger partial charge is 0.454 e. The highest BCUT2D eigenvalue weighted by molar-refractivity contribution is 5.78. The number of nitrogens with zero attached hydrogens (tertiary/aromatic N) is 1. The number of rotatable bonds is 7. The van der Waals surface area contributed by atoms with E-state index in [4.69, 9.17) is 9.47 Å². The SMILES string of the molecule is O=C(Cc1ccc2c(c1)OCO2)NCCCNc1cccnc1. The molecular formula is C17H19N3O3. The van der Waals surface area contributed by atoms with Crippen LogP contribution in [0.2, 0.25) is 0 Å². The predicted octanol–water partition coefficient (Wildman–Crippen LogP) is 1.97. The minimum atomic E-state index is 0.00485. The van der Waals surface area contributed by atoms with Gasteiger partial charge in [0.1, 0.15) is 0 Å². The van der Waals surface area contributed by atoms with Gasteiger partial charge in [-0.1, -0.05) is 6.07 Å². The lowest BCUT2D eigenvalue weighted by molar-refractivity contribution is -0.120. The zero-order valence-electron chi connectivity index (χ0n) is 12.7. The maximum atomic E-state index is 11.9. The second-order valence-corrected chi connectivity index (χ2v) is 5.24. The highest BCUT2D eigenvalue weighted by Crippen LogP contribution is 2.32. The third kappa shape index (κ3) is 4.35. The molecule has 2 N–H and O–H groups in total. The van der Waals surface area contributed by atoms with Crippen molar-refractivity contribution >= 4 is 11.6 Å². The molecule has 0 bridgehead atoms. The summed E-state index contributed by atoms with van der Waals surface area (Å²) in [5.41, 5.74) is 1.90. The molecule has 0 atom stereocenters. The summed E-state index contributed by atoms with van der Waals surface area (Å²) in [5, 5.41) is 6.17. The average Bonchev–Trinajstić information content (AvgIpc) is 3.03. The minimum Gasteiger partial charge on any atom is -0.454 e. The fourth-order valence-electron chi connectivity index (χ4n) is 2.32. The van der Waals surface area contributed by atoms with E-state index in [1.54, 1.807) is 12.4 Å². The average molecular weight is 313 g/mol. The fourth-order valence-corrected chi connectivity index (χ4v) is 2.32. The molecule has 1 amide bonds. The van der Waals surface area contributed by atoms with E-state index in [2.05, 4.69) is 15.6 Å². The van der Waals surface area contributed by atoms with E-state index in [0.717, 1.165) is 30.0 Å². The third-order valence-electron chi connectivity index (χ3n) is 3.47. The molecular weight excluding hydrogens is 294 g/mol. The van der Waals surface area contributed by atoms with Gasteiger partial charge in [-0.15, -0.1) is 0 Å². The number of amides is 1. The number of pyridine rings is 1. The summed E-state index contributed by atoms with van der Waals surface area (Å²) in [6.07, 6.45) is 4.70. The number of hydrogen-bond acceptors (Lipinski definition) is 5. The van der Waals surface area contributed by atoms with Gasteiger partial charge in [-0.2, -0.15) is 0 Å². The lowest BCUT2D eigenvalue weighted by Gasteiger charge is -2.07. The molecule has 1 aromatic heterocycles. The van der Waals surface area contributed by atoms with Crippen LogP contribution < -0.4 is 20.1 Å². The van der Waals surface area contributed by atoms with Crippen molar-refractivity contribution < 1.29 is 14.3 Å².